The van der Waals surface area contributed by atoms with E-state index in [0.29, 0.717) is 25.1 Å². The molecule has 4 nitrogen and oxygen atoms in total. The van der Waals surface area contributed by atoms with E-state index >= 15 is 0 Å². The molecule has 0 heterocycles. The number of ether oxygens (including phenoxy) is 1. The summed E-state index contributed by atoms with van der Waals surface area (Å²) < 4.78 is 5.31. The second-order valence-electron chi connectivity index (χ2n) is 5.11. The van der Waals surface area contributed by atoms with Crippen LogP contribution in [0.15, 0.2) is 29.3 Å². The van der Waals surface area contributed by atoms with E-state index in [2.05, 4.69) is 28.6 Å². The number of nitrogens with zero attached hydrogens (tertiary/aromatic N) is 1. The van der Waals surface area contributed by atoms with Gasteiger partial charge in [-0.2, -0.15) is 0 Å². The highest BCUT2D eigenvalue weighted by atomic mass is 35.5. The molecule has 1 fully saturated rings. The van der Waals surface area contributed by atoms with Gasteiger partial charge in [-0.1, -0.05) is 23.7 Å². The number of halogens is 1. The first-order valence-corrected chi connectivity index (χ1v) is 8.00. The Bertz CT molecular complexity index is 478. The van der Waals surface area contributed by atoms with Crippen molar-refractivity contribution in [2.45, 2.75) is 32.2 Å². The van der Waals surface area contributed by atoms with Crippen LogP contribution in [0.3, 0.4) is 0 Å². The smallest absolute Gasteiger partial charge is 0.191 e. The van der Waals surface area contributed by atoms with Crippen molar-refractivity contribution >= 4 is 17.6 Å². The van der Waals surface area contributed by atoms with Gasteiger partial charge in [0.2, 0.25) is 0 Å². The van der Waals surface area contributed by atoms with Gasteiger partial charge in [0, 0.05) is 30.1 Å². The third-order valence-electron chi connectivity index (χ3n) is 3.44. The fourth-order valence-corrected chi connectivity index (χ4v) is 2.52. The molecular formula is C16H24ClN3O. The minimum atomic E-state index is 0.438. The Labute approximate surface area is 131 Å². The molecule has 1 aromatic rings. The summed E-state index contributed by atoms with van der Waals surface area (Å²) in [5, 5.41) is 7.55. The molecule has 0 amide bonds. The average molecular weight is 310 g/mol. The molecule has 2 N–H and O–H groups in total. The Morgan fingerprint density at radius 2 is 2.29 bits per heavy atom. The molecular weight excluding hydrogens is 286 g/mol. The van der Waals surface area contributed by atoms with E-state index in [1.807, 2.05) is 25.1 Å². The number of aliphatic imine (C=N–C) groups is 1. The van der Waals surface area contributed by atoms with Gasteiger partial charge in [-0.15, -0.1) is 0 Å². The van der Waals surface area contributed by atoms with Crippen LogP contribution in [-0.4, -0.2) is 38.3 Å². The summed E-state index contributed by atoms with van der Waals surface area (Å²) >= 11 is 6.05. The lowest BCUT2D eigenvalue weighted by Crippen LogP contribution is -2.39. The van der Waals surface area contributed by atoms with Crippen LogP contribution >= 0.6 is 11.6 Å². The van der Waals surface area contributed by atoms with Crippen molar-refractivity contribution in [2.75, 3.05) is 26.3 Å². The molecule has 5 heteroatoms. The first-order chi connectivity index (χ1) is 10.2. The third-order valence-corrected chi connectivity index (χ3v) is 3.68. The summed E-state index contributed by atoms with van der Waals surface area (Å²) in [6.45, 7) is 7.00. The number of rotatable bonds is 7. The zero-order valence-corrected chi connectivity index (χ0v) is 13.5. The maximum absolute atomic E-state index is 6.05. The molecule has 2 unspecified atom stereocenters. The number of benzene rings is 1. The second kappa shape index (κ2) is 8.25. The van der Waals surface area contributed by atoms with Crippen molar-refractivity contribution in [1.29, 1.82) is 0 Å². The highest BCUT2D eigenvalue weighted by Gasteiger charge is 2.39. The Hall–Kier alpha value is -1.26. The van der Waals surface area contributed by atoms with Crippen molar-refractivity contribution in [3.05, 3.63) is 34.9 Å². The molecule has 0 aliphatic heterocycles. The predicted molar refractivity (Wildman–Crippen MR) is 88.2 cm³/mol. The van der Waals surface area contributed by atoms with Crippen molar-refractivity contribution in [3.8, 4) is 0 Å². The molecule has 1 aliphatic carbocycles. The third kappa shape index (κ3) is 5.21. The summed E-state index contributed by atoms with van der Waals surface area (Å²) in [5.41, 5.74) is 1.30. The van der Waals surface area contributed by atoms with Gasteiger partial charge < -0.3 is 15.4 Å². The van der Waals surface area contributed by atoms with Crippen LogP contribution in [0.1, 0.15) is 31.7 Å². The molecule has 0 saturated heterocycles. The lowest BCUT2D eigenvalue weighted by atomic mass is 10.1. The fraction of sp³-hybridized carbons (Fsp3) is 0.562. The van der Waals surface area contributed by atoms with Crippen LogP contribution in [-0.2, 0) is 4.74 Å². The van der Waals surface area contributed by atoms with E-state index in [-0.39, 0.29) is 0 Å². The van der Waals surface area contributed by atoms with Crippen LogP contribution in [0.4, 0.5) is 0 Å². The highest BCUT2D eigenvalue weighted by Crippen LogP contribution is 2.41. The number of nitrogens with one attached hydrogen (secondary N) is 2. The Morgan fingerprint density at radius 3 is 3.00 bits per heavy atom. The fourth-order valence-electron chi connectivity index (χ4n) is 2.32. The molecule has 0 spiro atoms. The van der Waals surface area contributed by atoms with Gasteiger partial charge in [0.25, 0.3) is 0 Å². The maximum atomic E-state index is 6.05. The van der Waals surface area contributed by atoms with Gasteiger partial charge >= 0.3 is 0 Å². The van der Waals surface area contributed by atoms with Gasteiger partial charge in [-0.25, -0.2) is 0 Å². The highest BCUT2D eigenvalue weighted by molar-refractivity contribution is 6.30. The largest absolute Gasteiger partial charge is 0.380 e. The normalized spacial score (nSPS) is 21.2. The predicted octanol–water partition coefficient (Wildman–Crippen LogP) is 2.79. The van der Waals surface area contributed by atoms with Crippen LogP contribution in [0.2, 0.25) is 5.02 Å². The standard InChI is InChI=1S/C16H24ClN3O/c1-3-18-16(19-8-9-21-4-2)20-15-11-14(15)12-6-5-7-13(17)10-12/h5-7,10,14-15H,3-4,8-9,11H2,1-2H3,(H2,18,19,20). The Balaban J connectivity index is 1.85. The SMILES string of the molecule is CCNC(=NCCOCC)NC1CC1c1cccc(Cl)c1. The number of guanidine groups is 1. The van der Waals surface area contributed by atoms with E-state index in [9.17, 15) is 0 Å². The average Bonchev–Trinajstić information content (AvgIpc) is 3.23. The molecule has 0 aromatic heterocycles. The van der Waals surface area contributed by atoms with Gasteiger partial charge in [0.15, 0.2) is 5.96 Å². The summed E-state index contributed by atoms with van der Waals surface area (Å²) in [7, 11) is 0. The summed E-state index contributed by atoms with van der Waals surface area (Å²) in [6.07, 6.45) is 1.12. The van der Waals surface area contributed by atoms with E-state index in [4.69, 9.17) is 16.3 Å². The topological polar surface area (TPSA) is 45.7 Å². The second-order valence-corrected chi connectivity index (χ2v) is 5.54. The quantitative estimate of drug-likeness (QED) is 0.462. The van der Waals surface area contributed by atoms with Crippen molar-refractivity contribution in [1.82, 2.24) is 10.6 Å². The summed E-state index contributed by atoms with van der Waals surface area (Å²) in [5.74, 6) is 1.39. The molecule has 1 saturated carbocycles. The lowest BCUT2D eigenvalue weighted by Gasteiger charge is -2.11. The maximum Gasteiger partial charge on any atom is 0.191 e. The van der Waals surface area contributed by atoms with E-state index in [1.165, 1.54) is 5.56 Å². The van der Waals surface area contributed by atoms with Gasteiger partial charge in [0.1, 0.15) is 0 Å². The minimum Gasteiger partial charge on any atom is -0.380 e. The van der Waals surface area contributed by atoms with Gasteiger partial charge in [-0.3, -0.25) is 4.99 Å². The minimum absolute atomic E-state index is 0.438. The Morgan fingerprint density at radius 1 is 1.43 bits per heavy atom. The van der Waals surface area contributed by atoms with Crippen LogP contribution in [0.25, 0.3) is 0 Å². The van der Waals surface area contributed by atoms with E-state index < -0.39 is 0 Å². The first kappa shape index (κ1) is 16.1. The van der Waals surface area contributed by atoms with Crippen LogP contribution in [0.5, 0.6) is 0 Å². The number of hydrogen-bond acceptors (Lipinski definition) is 2. The first-order valence-electron chi connectivity index (χ1n) is 7.62. The van der Waals surface area contributed by atoms with E-state index in [0.717, 1.165) is 30.6 Å². The molecule has 0 radical (unpaired) electrons. The van der Waals surface area contributed by atoms with Gasteiger partial charge in [0.05, 0.1) is 13.2 Å². The zero-order valence-electron chi connectivity index (χ0n) is 12.7. The van der Waals surface area contributed by atoms with Crippen molar-refractivity contribution < 1.29 is 4.74 Å². The molecule has 1 aromatic carbocycles. The van der Waals surface area contributed by atoms with E-state index in [1.54, 1.807) is 0 Å². The molecule has 116 valence electrons. The molecule has 2 atom stereocenters. The summed E-state index contributed by atoms with van der Waals surface area (Å²) in [6, 6.07) is 8.54. The zero-order chi connectivity index (χ0) is 15.1. The molecule has 21 heavy (non-hydrogen) atoms. The van der Waals surface area contributed by atoms with Gasteiger partial charge in [-0.05, 0) is 38.0 Å². The van der Waals surface area contributed by atoms with Crippen LogP contribution in [0, 0.1) is 0 Å². The molecule has 0 bridgehead atoms. The molecule has 1 aliphatic rings. The summed E-state index contributed by atoms with van der Waals surface area (Å²) in [4.78, 5) is 4.52. The number of hydrogen-bond donors (Lipinski definition) is 2. The van der Waals surface area contributed by atoms with Crippen molar-refractivity contribution in [3.63, 3.8) is 0 Å². The van der Waals surface area contributed by atoms with Crippen LogP contribution < -0.4 is 10.6 Å². The van der Waals surface area contributed by atoms with Crippen molar-refractivity contribution in [2.24, 2.45) is 4.99 Å². The monoisotopic (exact) mass is 309 g/mol. The molecule has 2 rings (SSSR count). The lowest BCUT2D eigenvalue weighted by molar-refractivity contribution is 0.155. The Kier molecular flexibility index (Phi) is 6.33.